The zero-order valence-corrected chi connectivity index (χ0v) is 26.4. The molecule has 0 unspecified atom stereocenters. The Bertz CT molecular complexity index is 2850. The minimum absolute atomic E-state index is 0.646. The van der Waals surface area contributed by atoms with Crippen LogP contribution in [0.25, 0.3) is 98.2 Å². The fraction of sp³-hybridized carbons (Fsp3) is 0. The molecule has 4 nitrogen and oxygen atoms in total. The first kappa shape index (κ1) is 27.0. The number of hydrogen-bond donors (Lipinski definition) is 0. The van der Waals surface area contributed by atoms with Crippen LogP contribution in [0.15, 0.2) is 156 Å². The van der Waals surface area contributed by atoms with Crippen LogP contribution in [-0.2, 0) is 0 Å². The lowest BCUT2D eigenvalue weighted by Gasteiger charge is -2.10. The molecule has 5 heteroatoms. The van der Waals surface area contributed by atoms with Gasteiger partial charge in [0.2, 0.25) is 0 Å². The second kappa shape index (κ2) is 10.7. The minimum Gasteiger partial charge on any atom is -0.456 e. The Labute approximate surface area is 279 Å². The highest BCUT2D eigenvalue weighted by Crippen LogP contribution is 2.40. The number of thiophene rings is 1. The molecule has 0 bridgehead atoms. The maximum absolute atomic E-state index is 6.20. The molecular formula is C43H25N3OS. The van der Waals surface area contributed by atoms with Crippen LogP contribution >= 0.6 is 11.3 Å². The first-order valence-electron chi connectivity index (χ1n) is 15.9. The summed E-state index contributed by atoms with van der Waals surface area (Å²) in [6.07, 6.45) is 0. The van der Waals surface area contributed by atoms with Gasteiger partial charge in [0.05, 0.1) is 0 Å². The molecule has 0 radical (unpaired) electrons. The van der Waals surface area contributed by atoms with Gasteiger partial charge in [-0.05, 0) is 58.3 Å². The summed E-state index contributed by atoms with van der Waals surface area (Å²) in [6, 6.07) is 52.7. The first-order valence-corrected chi connectivity index (χ1v) is 16.8. The number of hydrogen-bond acceptors (Lipinski definition) is 5. The van der Waals surface area contributed by atoms with E-state index >= 15 is 0 Å². The van der Waals surface area contributed by atoms with E-state index in [0.29, 0.717) is 17.5 Å². The zero-order valence-electron chi connectivity index (χ0n) is 25.6. The third-order valence-electron chi connectivity index (χ3n) is 9.12. The average molecular weight is 632 g/mol. The maximum Gasteiger partial charge on any atom is 0.165 e. The number of fused-ring (bicyclic) bond motifs is 7. The summed E-state index contributed by atoms with van der Waals surface area (Å²) in [5, 5.41) is 6.99. The van der Waals surface area contributed by atoms with Crippen LogP contribution in [0.2, 0.25) is 0 Å². The first-order chi connectivity index (χ1) is 23.8. The Kier molecular flexibility index (Phi) is 6.01. The molecule has 0 aliphatic heterocycles. The molecule has 3 aromatic heterocycles. The van der Waals surface area contributed by atoms with Crippen molar-refractivity contribution < 1.29 is 4.42 Å². The molecule has 0 spiro atoms. The molecule has 0 saturated heterocycles. The van der Waals surface area contributed by atoms with E-state index in [9.17, 15) is 0 Å². The van der Waals surface area contributed by atoms with E-state index in [-0.39, 0.29) is 0 Å². The molecular weight excluding hydrogens is 607 g/mol. The van der Waals surface area contributed by atoms with Crippen molar-refractivity contribution in [3.8, 4) is 45.3 Å². The smallest absolute Gasteiger partial charge is 0.165 e. The number of rotatable bonds is 4. The molecule has 0 N–H and O–H groups in total. The molecule has 0 saturated carbocycles. The van der Waals surface area contributed by atoms with Crippen molar-refractivity contribution in [1.29, 1.82) is 0 Å². The van der Waals surface area contributed by atoms with Crippen molar-refractivity contribution in [2.75, 3.05) is 0 Å². The Morgan fingerprint density at radius 1 is 0.417 bits per heavy atom. The number of furan rings is 1. The van der Waals surface area contributed by atoms with E-state index in [1.807, 2.05) is 36.4 Å². The van der Waals surface area contributed by atoms with E-state index in [1.165, 1.54) is 20.2 Å². The van der Waals surface area contributed by atoms with E-state index in [4.69, 9.17) is 19.4 Å². The van der Waals surface area contributed by atoms with Crippen molar-refractivity contribution in [1.82, 2.24) is 15.0 Å². The van der Waals surface area contributed by atoms with Crippen LogP contribution in [-0.4, -0.2) is 15.0 Å². The summed E-state index contributed by atoms with van der Waals surface area (Å²) in [5.74, 6) is 1.97. The van der Waals surface area contributed by atoms with E-state index < -0.39 is 0 Å². The maximum atomic E-state index is 6.20. The molecule has 7 aromatic carbocycles. The fourth-order valence-corrected chi connectivity index (χ4v) is 8.05. The number of nitrogens with zero attached hydrogens (tertiary/aromatic N) is 3. The van der Waals surface area contributed by atoms with Gasteiger partial charge in [0.1, 0.15) is 11.2 Å². The Morgan fingerprint density at radius 3 is 1.96 bits per heavy atom. The van der Waals surface area contributed by atoms with Crippen LogP contribution < -0.4 is 0 Å². The highest BCUT2D eigenvalue weighted by molar-refractivity contribution is 7.26. The quantitative estimate of drug-likeness (QED) is 0.194. The molecule has 0 aliphatic rings. The third kappa shape index (κ3) is 4.33. The van der Waals surface area contributed by atoms with Gasteiger partial charge in [-0.2, -0.15) is 0 Å². The predicted octanol–water partition coefficient (Wildman–Crippen LogP) is 12.0. The van der Waals surface area contributed by atoms with Gasteiger partial charge in [0.15, 0.2) is 17.5 Å². The largest absolute Gasteiger partial charge is 0.456 e. The lowest BCUT2D eigenvalue weighted by Crippen LogP contribution is -2.00. The fourth-order valence-electron chi connectivity index (χ4n) is 6.83. The van der Waals surface area contributed by atoms with E-state index in [1.54, 1.807) is 11.3 Å². The number of benzene rings is 7. The van der Waals surface area contributed by atoms with Crippen LogP contribution in [0.4, 0.5) is 0 Å². The van der Waals surface area contributed by atoms with Crippen molar-refractivity contribution >= 4 is 64.2 Å². The summed E-state index contributed by atoms with van der Waals surface area (Å²) in [4.78, 5) is 15.3. The summed E-state index contributed by atoms with van der Waals surface area (Å²) in [7, 11) is 0. The van der Waals surface area contributed by atoms with E-state index in [2.05, 4.69) is 115 Å². The van der Waals surface area contributed by atoms with Crippen LogP contribution in [0.3, 0.4) is 0 Å². The molecule has 224 valence electrons. The van der Waals surface area contributed by atoms with E-state index in [0.717, 1.165) is 60.5 Å². The third-order valence-corrected chi connectivity index (χ3v) is 10.3. The normalized spacial score (nSPS) is 11.8. The number of aromatic nitrogens is 3. The van der Waals surface area contributed by atoms with Crippen molar-refractivity contribution in [2.24, 2.45) is 0 Å². The van der Waals surface area contributed by atoms with Crippen LogP contribution in [0.5, 0.6) is 0 Å². The van der Waals surface area contributed by atoms with Crippen LogP contribution in [0, 0.1) is 0 Å². The molecule has 0 aliphatic carbocycles. The zero-order chi connectivity index (χ0) is 31.6. The highest BCUT2D eigenvalue weighted by atomic mass is 32.1. The topological polar surface area (TPSA) is 51.8 Å². The predicted molar refractivity (Wildman–Crippen MR) is 199 cm³/mol. The van der Waals surface area contributed by atoms with Gasteiger partial charge in [0, 0.05) is 47.6 Å². The van der Waals surface area contributed by atoms with Gasteiger partial charge < -0.3 is 4.42 Å². The molecule has 10 rings (SSSR count). The lowest BCUT2D eigenvalue weighted by molar-refractivity contribution is 0.669. The Balaban J connectivity index is 1.16. The Hall–Kier alpha value is -6.17. The summed E-state index contributed by atoms with van der Waals surface area (Å²) >= 11 is 1.78. The molecule has 3 heterocycles. The number of para-hydroxylation sites is 1. The van der Waals surface area contributed by atoms with Gasteiger partial charge in [0.25, 0.3) is 0 Å². The average Bonchev–Trinajstić information content (AvgIpc) is 3.73. The van der Waals surface area contributed by atoms with Crippen molar-refractivity contribution in [3.63, 3.8) is 0 Å². The van der Waals surface area contributed by atoms with Gasteiger partial charge in [-0.15, -0.1) is 11.3 Å². The second-order valence-electron chi connectivity index (χ2n) is 12.0. The standard InChI is InChI=1S/C43H25N3OS/c1-2-10-27(11-3-1)41-44-42(46-43(45-41)35-16-8-15-33-32-12-5-7-19-38(32)48-40(33)35)29-23-21-26-20-22-28(24-30(26)25-29)31-14-9-18-37-39(31)34-13-4-6-17-36(34)47-37/h1-25H. The van der Waals surface area contributed by atoms with Gasteiger partial charge in [-0.3, -0.25) is 0 Å². The van der Waals surface area contributed by atoms with Gasteiger partial charge in [-0.25, -0.2) is 15.0 Å². The molecule has 0 fully saturated rings. The van der Waals surface area contributed by atoms with Crippen molar-refractivity contribution in [2.45, 2.75) is 0 Å². The second-order valence-corrected chi connectivity index (χ2v) is 13.1. The molecule has 0 atom stereocenters. The van der Waals surface area contributed by atoms with Gasteiger partial charge in [-0.1, -0.05) is 115 Å². The molecule has 0 amide bonds. The summed E-state index contributed by atoms with van der Waals surface area (Å²) in [6.45, 7) is 0. The summed E-state index contributed by atoms with van der Waals surface area (Å²) < 4.78 is 8.63. The SMILES string of the molecule is c1ccc(-c2nc(-c3ccc4ccc(-c5cccc6oc7ccccc7c56)cc4c3)nc(-c3cccc4c3sc3ccccc34)n2)cc1. The molecule has 48 heavy (non-hydrogen) atoms. The lowest BCUT2D eigenvalue weighted by atomic mass is 9.96. The molecule has 10 aromatic rings. The van der Waals surface area contributed by atoms with Crippen molar-refractivity contribution in [3.05, 3.63) is 152 Å². The Morgan fingerprint density at radius 2 is 1.06 bits per heavy atom. The van der Waals surface area contributed by atoms with Crippen LogP contribution in [0.1, 0.15) is 0 Å². The van der Waals surface area contributed by atoms with Gasteiger partial charge >= 0.3 is 0 Å². The minimum atomic E-state index is 0.646. The monoisotopic (exact) mass is 631 g/mol. The summed E-state index contributed by atoms with van der Waals surface area (Å²) in [5.41, 5.74) is 6.98. The highest BCUT2D eigenvalue weighted by Gasteiger charge is 2.17.